The summed E-state index contributed by atoms with van der Waals surface area (Å²) in [5.41, 5.74) is 0.757. The molecular weight excluding hydrogens is 439 g/mol. The molecule has 8 heteroatoms. The van der Waals surface area contributed by atoms with Crippen LogP contribution < -0.4 is 20.1 Å². The Balaban J connectivity index is 1.19. The fraction of sp³-hybridized carbons (Fsp3) is 0.500. The molecule has 0 spiro atoms. The summed E-state index contributed by atoms with van der Waals surface area (Å²) in [6, 6.07) is 13.2. The first-order valence-corrected chi connectivity index (χ1v) is 12.0. The van der Waals surface area contributed by atoms with Gasteiger partial charge < -0.3 is 30.0 Å². The zero-order valence-electron chi connectivity index (χ0n) is 19.5. The number of rotatable bonds is 15. The molecule has 2 aromatic rings. The predicted octanol–water partition coefficient (Wildman–Crippen LogP) is 2.85. The van der Waals surface area contributed by atoms with Gasteiger partial charge in [0.1, 0.15) is 36.6 Å². The predicted molar refractivity (Wildman–Crippen MR) is 128 cm³/mol. The Bertz CT molecular complexity index is 841. The minimum absolute atomic E-state index is 0.133. The number of benzene rings is 2. The molecule has 0 bridgehead atoms. The summed E-state index contributed by atoms with van der Waals surface area (Å²) in [5.74, 6) is 0.955. The summed E-state index contributed by atoms with van der Waals surface area (Å²) in [6.07, 6.45) is 4.75. The van der Waals surface area contributed by atoms with Crippen LogP contribution in [0.2, 0.25) is 0 Å². The monoisotopic (exact) mass is 474 g/mol. The Morgan fingerprint density at radius 1 is 0.971 bits per heavy atom. The fourth-order valence-electron chi connectivity index (χ4n) is 3.72. The van der Waals surface area contributed by atoms with Crippen LogP contribution in [0, 0.1) is 5.82 Å². The fourth-order valence-corrected chi connectivity index (χ4v) is 3.72. The second-order valence-corrected chi connectivity index (χ2v) is 8.42. The van der Waals surface area contributed by atoms with E-state index in [1.54, 1.807) is 12.1 Å². The number of aliphatic hydroxyl groups excluding tert-OH is 1. The average molecular weight is 475 g/mol. The Morgan fingerprint density at radius 3 is 2.35 bits per heavy atom. The van der Waals surface area contributed by atoms with E-state index in [1.165, 1.54) is 25.0 Å². The number of nitrogens with one attached hydrogen (secondary N) is 2. The molecule has 0 aliphatic heterocycles. The second-order valence-electron chi connectivity index (χ2n) is 8.42. The Kier molecular flexibility index (Phi) is 11.1. The molecule has 2 aromatic carbocycles. The van der Waals surface area contributed by atoms with Crippen molar-refractivity contribution < 1.29 is 28.5 Å². The largest absolute Gasteiger partial charge is 0.491 e. The molecule has 1 aliphatic rings. The van der Waals surface area contributed by atoms with Crippen molar-refractivity contribution >= 4 is 5.91 Å². The normalized spacial score (nSPS) is 14.6. The third-order valence-corrected chi connectivity index (χ3v) is 5.56. The van der Waals surface area contributed by atoms with Crippen LogP contribution in [0.4, 0.5) is 4.39 Å². The summed E-state index contributed by atoms with van der Waals surface area (Å²) < 4.78 is 30.0. The average Bonchev–Trinajstić information content (AvgIpc) is 3.36. The lowest BCUT2D eigenvalue weighted by atomic mass is 10.1. The van der Waals surface area contributed by atoms with Crippen molar-refractivity contribution in [2.24, 2.45) is 0 Å². The van der Waals surface area contributed by atoms with Gasteiger partial charge in [-0.2, -0.15) is 0 Å². The summed E-state index contributed by atoms with van der Waals surface area (Å²) >= 11 is 0. The maximum atomic E-state index is 12.9. The van der Waals surface area contributed by atoms with Crippen LogP contribution in [0.5, 0.6) is 11.5 Å². The van der Waals surface area contributed by atoms with Crippen molar-refractivity contribution in [3.05, 3.63) is 59.9 Å². The molecule has 0 radical (unpaired) electrons. The van der Waals surface area contributed by atoms with Gasteiger partial charge in [0, 0.05) is 19.6 Å². The van der Waals surface area contributed by atoms with Crippen LogP contribution in [0.15, 0.2) is 48.5 Å². The highest BCUT2D eigenvalue weighted by atomic mass is 19.1. The lowest BCUT2D eigenvalue weighted by Gasteiger charge is -2.14. The highest BCUT2D eigenvalue weighted by Gasteiger charge is 2.14. The van der Waals surface area contributed by atoms with E-state index in [9.17, 15) is 14.3 Å². The smallest absolute Gasteiger partial charge is 0.224 e. The molecule has 1 atom stereocenters. The molecule has 0 saturated heterocycles. The maximum absolute atomic E-state index is 12.9. The van der Waals surface area contributed by atoms with Crippen LogP contribution in [-0.4, -0.2) is 62.7 Å². The molecule has 7 nitrogen and oxygen atoms in total. The summed E-state index contributed by atoms with van der Waals surface area (Å²) in [7, 11) is 0. The summed E-state index contributed by atoms with van der Waals surface area (Å²) in [5, 5.41) is 15.9. The molecule has 186 valence electrons. The number of hydrogen-bond donors (Lipinski definition) is 3. The van der Waals surface area contributed by atoms with E-state index < -0.39 is 6.10 Å². The molecule has 34 heavy (non-hydrogen) atoms. The van der Waals surface area contributed by atoms with Crippen LogP contribution in [-0.2, 0) is 16.0 Å². The van der Waals surface area contributed by atoms with Gasteiger partial charge in [-0.25, -0.2) is 4.39 Å². The van der Waals surface area contributed by atoms with Crippen molar-refractivity contribution in [2.45, 2.75) is 44.3 Å². The van der Waals surface area contributed by atoms with E-state index in [-0.39, 0.29) is 24.8 Å². The minimum Gasteiger partial charge on any atom is -0.491 e. The van der Waals surface area contributed by atoms with Gasteiger partial charge in [0.15, 0.2) is 0 Å². The maximum Gasteiger partial charge on any atom is 0.224 e. The van der Waals surface area contributed by atoms with Gasteiger partial charge in [0.05, 0.1) is 19.1 Å². The number of aliphatic hydroxyl groups is 1. The molecule has 1 unspecified atom stereocenters. The van der Waals surface area contributed by atoms with Crippen molar-refractivity contribution in [2.75, 3.05) is 39.5 Å². The molecule has 3 N–H and O–H groups in total. The van der Waals surface area contributed by atoms with Crippen LogP contribution in [0.3, 0.4) is 0 Å². The lowest BCUT2D eigenvalue weighted by Crippen LogP contribution is -2.37. The Labute approximate surface area is 200 Å². The quantitative estimate of drug-likeness (QED) is 0.344. The molecule has 0 heterocycles. The Hall–Kier alpha value is -2.68. The van der Waals surface area contributed by atoms with Crippen molar-refractivity contribution in [1.82, 2.24) is 10.6 Å². The summed E-state index contributed by atoms with van der Waals surface area (Å²) in [6.45, 7) is 2.56. The lowest BCUT2D eigenvalue weighted by molar-refractivity contribution is -0.120. The van der Waals surface area contributed by atoms with E-state index in [4.69, 9.17) is 14.2 Å². The Morgan fingerprint density at radius 2 is 1.65 bits per heavy atom. The van der Waals surface area contributed by atoms with Gasteiger partial charge in [-0.1, -0.05) is 25.0 Å². The topological polar surface area (TPSA) is 89.1 Å². The standard InChI is InChI=1S/C26H35FN2O5/c27-21-7-5-20(6-8-21)17-26(31)29-14-13-28-18-22(30)19-34-25-11-9-24(10-12-25)33-16-15-32-23-3-1-2-4-23/h5-12,22-23,28,30H,1-4,13-19H2,(H,29,31). The van der Waals surface area contributed by atoms with Crippen LogP contribution in [0.25, 0.3) is 0 Å². The number of carbonyl (C=O) groups excluding carboxylic acids is 1. The number of ether oxygens (including phenoxy) is 3. The highest BCUT2D eigenvalue weighted by Crippen LogP contribution is 2.21. The van der Waals surface area contributed by atoms with Crippen molar-refractivity contribution in [1.29, 1.82) is 0 Å². The number of halogens is 1. The molecular formula is C26H35FN2O5. The van der Waals surface area contributed by atoms with Crippen LogP contribution in [0.1, 0.15) is 31.2 Å². The second kappa shape index (κ2) is 14.6. The van der Waals surface area contributed by atoms with Crippen LogP contribution >= 0.6 is 0 Å². The first-order valence-electron chi connectivity index (χ1n) is 12.0. The van der Waals surface area contributed by atoms with Gasteiger partial charge in [0.25, 0.3) is 0 Å². The molecule has 3 rings (SSSR count). The third kappa shape index (κ3) is 10.1. The molecule has 1 fully saturated rings. The van der Waals surface area contributed by atoms with E-state index in [1.807, 2.05) is 24.3 Å². The van der Waals surface area contributed by atoms with Gasteiger partial charge in [-0.05, 0) is 54.8 Å². The SMILES string of the molecule is O=C(Cc1ccc(F)cc1)NCCNCC(O)COc1ccc(OCCOC2CCCC2)cc1. The zero-order chi connectivity index (χ0) is 24.0. The van der Waals surface area contributed by atoms with Gasteiger partial charge in [0.2, 0.25) is 5.91 Å². The number of hydrogen-bond acceptors (Lipinski definition) is 6. The molecule has 1 amide bonds. The summed E-state index contributed by atoms with van der Waals surface area (Å²) in [4.78, 5) is 11.9. The highest BCUT2D eigenvalue weighted by molar-refractivity contribution is 5.78. The minimum atomic E-state index is -0.682. The van der Waals surface area contributed by atoms with E-state index in [2.05, 4.69) is 10.6 Å². The third-order valence-electron chi connectivity index (χ3n) is 5.56. The number of carbonyl (C=O) groups is 1. The first kappa shape index (κ1) is 25.9. The van der Waals surface area contributed by atoms with E-state index >= 15 is 0 Å². The van der Waals surface area contributed by atoms with Crippen molar-refractivity contribution in [3.63, 3.8) is 0 Å². The zero-order valence-corrected chi connectivity index (χ0v) is 19.5. The van der Waals surface area contributed by atoms with Gasteiger partial charge in [-0.3, -0.25) is 4.79 Å². The van der Waals surface area contributed by atoms with Gasteiger partial charge in [-0.15, -0.1) is 0 Å². The number of amides is 1. The van der Waals surface area contributed by atoms with E-state index in [0.717, 1.165) is 24.2 Å². The first-order chi connectivity index (χ1) is 16.6. The van der Waals surface area contributed by atoms with Crippen molar-refractivity contribution in [3.8, 4) is 11.5 Å². The molecule has 1 saturated carbocycles. The van der Waals surface area contributed by atoms with Gasteiger partial charge >= 0.3 is 0 Å². The van der Waals surface area contributed by atoms with E-state index in [0.29, 0.717) is 44.7 Å². The molecule has 0 aromatic heterocycles. The molecule has 1 aliphatic carbocycles.